The molecular weight excluding hydrogens is 573 g/mol. The van der Waals surface area contributed by atoms with E-state index in [1.54, 1.807) is 0 Å². The molecule has 0 fully saturated rings. The molecule has 1 aliphatic carbocycles. The summed E-state index contributed by atoms with van der Waals surface area (Å²) in [5, 5.41) is 2.47. The molecule has 3 aliphatic rings. The second-order valence-electron chi connectivity index (χ2n) is 13.3. The van der Waals surface area contributed by atoms with Crippen LogP contribution in [0.2, 0.25) is 0 Å². The Bertz CT molecular complexity index is 2350. The molecule has 3 nitrogen and oxygen atoms in total. The second kappa shape index (κ2) is 9.64. The van der Waals surface area contributed by atoms with Gasteiger partial charge in [0.05, 0.1) is 0 Å². The van der Waals surface area contributed by atoms with E-state index in [0.29, 0.717) is 0 Å². The summed E-state index contributed by atoms with van der Waals surface area (Å²) in [7, 11) is 0. The summed E-state index contributed by atoms with van der Waals surface area (Å²) in [5.74, 6) is 3.67. The predicted molar refractivity (Wildman–Crippen MR) is 194 cm³/mol. The maximum Gasteiger partial charge on any atom is 0.260 e. The molecule has 4 heteroatoms. The first-order valence-electron chi connectivity index (χ1n) is 16.3. The third-order valence-corrected chi connectivity index (χ3v) is 10.3. The fourth-order valence-electron chi connectivity index (χ4n) is 8.36. The molecule has 0 spiro atoms. The Morgan fingerprint density at radius 2 is 1.13 bits per heavy atom. The van der Waals surface area contributed by atoms with Gasteiger partial charge < -0.3 is 14.4 Å². The molecule has 7 aromatic carbocycles. The molecule has 47 heavy (non-hydrogen) atoms. The van der Waals surface area contributed by atoms with Crippen molar-refractivity contribution in [3.63, 3.8) is 0 Å². The Hall–Kier alpha value is -5.74. The SMILES string of the molecule is CC1(C)c2c(cc3c4c2Oc2ccccc2B4c2ccccc2O3)-c2ccc3cc(N(c4ccccc4)c4ccccc4)ccc3c21. The maximum absolute atomic E-state index is 6.92. The van der Waals surface area contributed by atoms with E-state index in [0.717, 1.165) is 45.5 Å². The fraction of sp³-hybridized carbons (Fsp3) is 0.0698. The molecule has 0 amide bonds. The van der Waals surface area contributed by atoms with Crippen LogP contribution in [-0.4, -0.2) is 6.71 Å². The van der Waals surface area contributed by atoms with Gasteiger partial charge in [-0.1, -0.05) is 105 Å². The highest BCUT2D eigenvalue weighted by atomic mass is 16.5. The highest BCUT2D eigenvalue weighted by molar-refractivity contribution is 6.98. The number of anilines is 3. The maximum atomic E-state index is 6.92. The van der Waals surface area contributed by atoms with E-state index >= 15 is 0 Å². The van der Waals surface area contributed by atoms with Gasteiger partial charge in [-0.2, -0.15) is 0 Å². The molecule has 0 saturated carbocycles. The number of fused-ring (bicyclic) bond motifs is 10. The van der Waals surface area contributed by atoms with Gasteiger partial charge in [0.25, 0.3) is 6.71 Å². The largest absolute Gasteiger partial charge is 0.458 e. The number of hydrogen-bond acceptors (Lipinski definition) is 3. The van der Waals surface area contributed by atoms with Crippen molar-refractivity contribution in [1.82, 2.24) is 0 Å². The van der Waals surface area contributed by atoms with Gasteiger partial charge in [0, 0.05) is 33.5 Å². The van der Waals surface area contributed by atoms with E-state index in [1.165, 1.54) is 44.0 Å². The zero-order chi connectivity index (χ0) is 31.3. The zero-order valence-electron chi connectivity index (χ0n) is 26.2. The van der Waals surface area contributed by atoms with Gasteiger partial charge >= 0.3 is 0 Å². The van der Waals surface area contributed by atoms with Crippen LogP contribution in [0.25, 0.3) is 21.9 Å². The molecule has 10 rings (SSSR count). The van der Waals surface area contributed by atoms with Gasteiger partial charge in [-0.25, -0.2) is 0 Å². The number of nitrogens with zero attached hydrogens (tertiary/aromatic N) is 1. The van der Waals surface area contributed by atoms with Crippen LogP contribution in [0.15, 0.2) is 146 Å². The Morgan fingerprint density at radius 3 is 1.81 bits per heavy atom. The van der Waals surface area contributed by atoms with E-state index in [9.17, 15) is 0 Å². The first-order chi connectivity index (χ1) is 23.1. The topological polar surface area (TPSA) is 21.7 Å². The van der Waals surface area contributed by atoms with Crippen molar-refractivity contribution in [3.8, 4) is 34.1 Å². The zero-order valence-corrected chi connectivity index (χ0v) is 26.2. The van der Waals surface area contributed by atoms with E-state index in [2.05, 4.69) is 164 Å². The van der Waals surface area contributed by atoms with Crippen LogP contribution in [0, 0.1) is 0 Å². The van der Waals surface area contributed by atoms with Crippen molar-refractivity contribution >= 4 is 50.9 Å². The van der Waals surface area contributed by atoms with Crippen molar-refractivity contribution in [3.05, 3.63) is 157 Å². The number of ether oxygens (including phenoxy) is 2. The Morgan fingerprint density at radius 1 is 0.511 bits per heavy atom. The lowest BCUT2D eigenvalue weighted by Gasteiger charge is -2.36. The van der Waals surface area contributed by atoms with Gasteiger partial charge in [0.15, 0.2) is 0 Å². The highest BCUT2D eigenvalue weighted by Gasteiger charge is 2.47. The van der Waals surface area contributed by atoms with E-state index in [-0.39, 0.29) is 12.1 Å². The molecule has 0 bridgehead atoms. The number of rotatable bonds is 3. The van der Waals surface area contributed by atoms with Crippen molar-refractivity contribution in [2.75, 3.05) is 4.90 Å². The molecule has 222 valence electrons. The lowest BCUT2D eigenvalue weighted by molar-refractivity contribution is 0.453. The summed E-state index contributed by atoms with van der Waals surface area (Å²) < 4.78 is 13.6. The first-order valence-corrected chi connectivity index (χ1v) is 16.3. The van der Waals surface area contributed by atoms with E-state index in [4.69, 9.17) is 9.47 Å². The molecule has 0 aromatic heterocycles. The summed E-state index contributed by atoms with van der Waals surface area (Å²) in [6.45, 7) is 4.76. The molecule has 0 N–H and O–H groups in total. The summed E-state index contributed by atoms with van der Waals surface area (Å²) in [4.78, 5) is 2.32. The Labute approximate surface area is 274 Å². The van der Waals surface area contributed by atoms with Crippen molar-refractivity contribution in [2.24, 2.45) is 0 Å². The van der Waals surface area contributed by atoms with Gasteiger partial charge in [-0.15, -0.1) is 0 Å². The van der Waals surface area contributed by atoms with Gasteiger partial charge in [-0.3, -0.25) is 0 Å². The average Bonchev–Trinajstić information content (AvgIpc) is 3.35. The second-order valence-corrected chi connectivity index (χ2v) is 13.3. The number of hydrogen-bond donors (Lipinski definition) is 0. The van der Waals surface area contributed by atoms with Crippen LogP contribution in [0.1, 0.15) is 25.0 Å². The molecule has 0 atom stereocenters. The summed E-state index contributed by atoms with van der Waals surface area (Å²) in [5.41, 5.74) is 11.6. The molecule has 0 saturated heterocycles. The van der Waals surface area contributed by atoms with Crippen LogP contribution in [0.5, 0.6) is 23.0 Å². The van der Waals surface area contributed by atoms with E-state index in [1.807, 2.05) is 0 Å². The monoisotopic (exact) mass is 603 g/mol. The molecule has 7 aromatic rings. The fourth-order valence-corrected chi connectivity index (χ4v) is 8.36. The minimum absolute atomic E-state index is 0.0565. The summed E-state index contributed by atoms with van der Waals surface area (Å²) in [6, 6.07) is 51.8. The Kier molecular flexibility index (Phi) is 5.43. The first kappa shape index (κ1) is 26.5. The third kappa shape index (κ3) is 3.70. The Balaban J connectivity index is 1.17. The summed E-state index contributed by atoms with van der Waals surface area (Å²) >= 11 is 0. The van der Waals surface area contributed by atoms with Crippen molar-refractivity contribution < 1.29 is 9.47 Å². The highest BCUT2D eigenvalue weighted by Crippen LogP contribution is 2.57. The average molecular weight is 604 g/mol. The van der Waals surface area contributed by atoms with Crippen molar-refractivity contribution in [2.45, 2.75) is 19.3 Å². The minimum Gasteiger partial charge on any atom is -0.458 e. The molecule has 2 heterocycles. The van der Waals surface area contributed by atoms with Crippen LogP contribution in [-0.2, 0) is 5.41 Å². The quantitative estimate of drug-likeness (QED) is 0.188. The van der Waals surface area contributed by atoms with Gasteiger partial charge in [0.2, 0.25) is 0 Å². The van der Waals surface area contributed by atoms with Crippen LogP contribution in [0.4, 0.5) is 17.1 Å². The van der Waals surface area contributed by atoms with Crippen LogP contribution >= 0.6 is 0 Å². The number of para-hydroxylation sites is 4. The van der Waals surface area contributed by atoms with E-state index < -0.39 is 0 Å². The minimum atomic E-state index is -0.303. The van der Waals surface area contributed by atoms with Gasteiger partial charge in [0.1, 0.15) is 23.0 Å². The van der Waals surface area contributed by atoms with Crippen molar-refractivity contribution in [1.29, 1.82) is 0 Å². The van der Waals surface area contributed by atoms with Crippen LogP contribution < -0.4 is 30.8 Å². The lowest BCUT2D eigenvalue weighted by atomic mass is 9.34. The van der Waals surface area contributed by atoms with Crippen LogP contribution in [0.3, 0.4) is 0 Å². The molecule has 2 aliphatic heterocycles. The molecule has 0 radical (unpaired) electrons. The lowest BCUT2D eigenvalue weighted by Crippen LogP contribution is -2.57. The normalized spacial score (nSPS) is 14.2. The smallest absolute Gasteiger partial charge is 0.260 e. The molecule has 0 unspecified atom stereocenters. The predicted octanol–water partition coefficient (Wildman–Crippen LogP) is 9.34. The summed E-state index contributed by atoms with van der Waals surface area (Å²) in [6.07, 6.45) is 0. The molecular formula is C43H30BNO2. The van der Waals surface area contributed by atoms with Gasteiger partial charge in [-0.05, 0) is 93.0 Å². The standard InChI is InChI=1S/C43H30BNO2/c1-43(2)39-31-24-22-30(45(28-13-5-3-6-14-28)29-15-7-4-8-16-29)25-27(31)21-23-32(39)33-26-38-41-42(40(33)43)47-37-20-12-10-18-35(37)44(41)34-17-9-11-19-36(34)46-38/h3-26H,1-2H3. The number of benzene rings is 7. The third-order valence-electron chi connectivity index (χ3n) is 10.3.